The van der Waals surface area contributed by atoms with Crippen LogP contribution in [0.5, 0.6) is 0 Å². The molecular formula is C11H17N3O. The van der Waals surface area contributed by atoms with Crippen LogP contribution in [0, 0.1) is 0 Å². The van der Waals surface area contributed by atoms with Gasteiger partial charge < -0.3 is 10.2 Å². The van der Waals surface area contributed by atoms with E-state index >= 15 is 0 Å². The third-order valence-electron chi connectivity index (χ3n) is 2.15. The SMILES string of the molecule is CC(NCc1cccnc1)C(=O)N(C)C. The fraction of sp³-hybridized carbons (Fsp3) is 0.455. The minimum Gasteiger partial charge on any atom is -0.347 e. The van der Waals surface area contributed by atoms with Crippen molar-refractivity contribution in [3.8, 4) is 0 Å². The van der Waals surface area contributed by atoms with Crippen LogP contribution in [0.1, 0.15) is 12.5 Å². The van der Waals surface area contributed by atoms with E-state index in [0.717, 1.165) is 5.56 Å². The smallest absolute Gasteiger partial charge is 0.238 e. The first-order chi connectivity index (χ1) is 7.11. The van der Waals surface area contributed by atoms with E-state index in [0.29, 0.717) is 6.54 Å². The minimum atomic E-state index is -0.166. The van der Waals surface area contributed by atoms with Gasteiger partial charge in [-0.2, -0.15) is 0 Å². The van der Waals surface area contributed by atoms with Gasteiger partial charge >= 0.3 is 0 Å². The van der Waals surface area contributed by atoms with E-state index < -0.39 is 0 Å². The van der Waals surface area contributed by atoms with E-state index in [4.69, 9.17) is 0 Å². The Balaban J connectivity index is 2.41. The molecule has 4 nitrogen and oxygen atoms in total. The van der Waals surface area contributed by atoms with Crippen LogP contribution in [0.3, 0.4) is 0 Å². The summed E-state index contributed by atoms with van der Waals surface area (Å²) in [6.45, 7) is 2.52. The predicted molar refractivity (Wildman–Crippen MR) is 59.2 cm³/mol. The molecule has 1 amide bonds. The van der Waals surface area contributed by atoms with Crippen LogP contribution in [-0.2, 0) is 11.3 Å². The van der Waals surface area contributed by atoms with Gasteiger partial charge in [0.1, 0.15) is 0 Å². The van der Waals surface area contributed by atoms with E-state index in [1.165, 1.54) is 0 Å². The number of nitrogens with one attached hydrogen (secondary N) is 1. The highest BCUT2D eigenvalue weighted by atomic mass is 16.2. The number of carbonyl (C=O) groups excluding carboxylic acids is 1. The van der Waals surface area contributed by atoms with Gasteiger partial charge in [0.2, 0.25) is 5.91 Å². The minimum absolute atomic E-state index is 0.0823. The van der Waals surface area contributed by atoms with Gasteiger partial charge in [-0.15, -0.1) is 0 Å². The number of pyridine rings is 1. The van der Waals surface area contributed by atoms with Crippen molar-refractivity contribution in [2.45, 2.75) is 19.5 Å². The first kappa shape index (κ1) is 11.7. The second-order valence-electron chi connectivity index (χ2n) is 3.70. The highest BCUT2D eigenvalue weighted by Gasteiger charge is 2.13. The van der Waals surface area contributed by atoms with E-state index in [1.807, 2.05) is 19.1 Å². The number of amides is 1. The molecule has 82 valence electrons. The second kappa shape index (κ2) is 5.46. The maximum Gasteiger partial charge on any atom is 0.238 e. The first-order valence-corrected chi connectivity index (χ1v) is 4.94. The van der Waals surface area contributed by atoms with Crippen molar-refractivity contribution in [3.63, 3.8) is 0 Å². The lowest BCUT2D eigenvalue weighted by Gasteiger charge is -2.17. The van der Waals surface area contributed by atoms with E-state index in [9.17, 15) is 4.79 Å². The van der Waals surface area contributed by atoms with Gasteiger partial charge in [-0.1, -0.05) is 6.07 Å². The van der Waals surface area contributed by atoms with E-state index in [-0.39, 0.29) is 11.9 Å². The Bertz CT molecular complexity index is 311. The van der Waals surface area contributed by atoms with E-state index in [2.05, 4.69) is 10.3 Å². The molecule has 1 N–H and O–H groups in total. The summed E-state index contributed by atoms with van der Waals surface area (Å²) in [6.07, 6.45) is 3.53. The third kappa shape index (κ3) is 3.67. The zero-order valence-electron chi connectivity index (χ0n) is 9.40. The Labute approximate surface area is 90.3 Å². The lowest BCUT2D eigenvalue weighted by molar-refractivity contribution is -0.130. The Morgan fingerprint density at radius 2 is 2.33 bits per heavy atom. The molecule has 4 heteroatoms. The van der Waals surface area contributed by atoms with Gasteiger partial charge in [0.25, 0.3) is 0 Å². The quantitative estimate of drug-likeness (QED) is 0.788. The van der Waals surface area contributed by atoms with Crippen LogP contribution in [0.15, 0.2) is 24.5 Å². The van der Waals surface area contributed by atoms with Gasteiger partial charge in [-0.05, 0) is 18.6 Å². The molecule has 1 atom stereocenters. The lowest BCUT2D eigenvalue weighted by Crippen LogP contribution is -2.41. The highest BCUT2D eigenvalue weighted by Crippen LogP contribution is 1.96. The molecule has 1 unspecified atom stereocenters. The zero-order chi connectivity index (χ0) is 11.3. The first-order valence-electron chi connectivity index (χ1n) is 4.94. The summed E-state index contributed by atoms with van der Waals surface area (Å²) < 4.78 is 0. The number of hydrogen-bond acceptors (Lipinski definition) is 3. The van der Waals surface area contributed by atoms with Crippen LogP contribution >= 0.6 is 0 Å². The lowest BCUT2D eigenvalue weighted by atomic mass is 10.2. The molecule has 0 aromatic carbocycles. The topological polar surface area (TPSA) is 45.2 Å². The summed E-state index contributed by atoms with van der Waals surface area (Å²) in [5, 5.41) is 3.15. The van der Waals surface area contributed by atoms with Crippen LogP contribution in [0.2, 0.25) is 0 Å². The van der Waals surface area contributed by atoms with E-state index in [1.54, 1.807) is 31.4 Å². The van der Waals surface area contributed by atoms with Crippen molar-refractivity contribution >= 4 is 5.91 Å². The predicted octanol–water partition coefficient (Wildman–Crippen LogP) is 0.648. The van der Waals surface area contributed by atoms with Crippen molar-refractivity contribution in [1.82, 2.24) is 15.2 Å². The summed E-state index contributed by atoms with van der Waals surface area (Å²) in [5.74, 6) is 0.0823. The average Bonchev–Trinajstić information content (AvgIpc) is 2.26. The van der Waals surface area contributed by atoms with Gasteiger partial charge in [0.05, 0.1) is 6.04 Å². The number of hydrogen-bond donors (Lipinski definition) is 1. The number of likely N-dealkylation sites (N-methyl/N-ethyl adjacent to an activating group) is 1. The molecule has 0 aliphatic heterocycles. The zero-order valence-corrected chi connectivity index (χ0v) is 9.40. The van der Waals surface area contributed by atoms with Crippen LogP contribution in [-0.4, -0.2) is 35.9 Å². The summed E-state index contributed by atoms with van der Waals surface area (Å²) in [7, 11) is 3.51. The monoisotopic (exact) mass is 207 g/mol. The highest BCUT2D eigenvalue weighted by molar-refractivity contribution is 5.80. The fourth-order valence-corrected chi connectivity index (χ4v) is 1.25. The maximum absolute atomic E-state index is 11.5. The Kier molecular flexibility index (Phi) is 4.24. The molecule has 1 rings (SSSR count). The number of aromatic nitrogens is 1. The van der Waals surface area contributed by atoms with Crippen LogP contribution in [0.4, 0.5) is 0 Å². The molecule has 1 aromatic rings. The Morgan fingerprint density at radius 3 is 2.87 bits per heavy atom. The van der Waals surface area contributed by atoms with Gasteiger partial charge in [0.15, 0.2) is 0 Å². The van der Waals surface area contributed by atoms with Gasteiger partial charge in [0, 0.05) is 33.0 Å². The summed E-state index contributed by atoms with van der Waals surface area (Å²) in [6, 6.07) is 3.70. The average molecular weight is 207 g/mol. The molecule has 0 aliphatic carbocycles. The Hall–Kier alpha value is -1.42. The molecule has 0 fully saturated rings. The van der Waals surface area contributed by atoms with Gasteiger partial charge in [-0.3, -0.25) is 9.78 Å². The summed E-state index contributed by atoms with van der Waals surface area (Å²) in [4.78, 5) is 17.1. The summed E-state index contributed by atoms with van der Waals surface area (Å²) >= 11 is 0. The van der Waals surface area contributed by atoms with Crippen molar-refractivity contribution in [2.75, 3.05) is 14.1 Å². The number of carbonyl (C=O) groups is 1. The molecule has 1 heterocycles. The molecule has 15 heavy (non-hydrogen) atoms. The van der Waals surface area contributed by atoms with Crippen molar-refractivity contribution in [3.05, 3.63) is 30.1 Å². The van der Waals surface area contributed by atoms with Gasteiger partial charge in [-0.25, -0.2) is 0 Å². The number of nitrogens with zero attached hydrogens (tertiary/aromatic N) is 2. The molecule has 0 radical (unpaired) electrons. The summed E-state index contributed by atoms with van der Waals surface area (Å²) in [5.41, 5.74) is 1.08. The second-order valence-corrected chi connectivity index (χ2v) is 3.70. The van der Waals surface area contributed by atoms with Crippen molar-refractivity contribution in [1.29, 1.82) is 0 Å². The molecule has 1 aromatic heterocycles. The largest absolute Gasteiger partial charge is 0.347 e. The van der Waals surface area contributed by atoms with Crippen molar-refractivity contribution in [2.24, 2.45) is 0 Å². The van der Waals surface area contributed by atoms with Crippen molar-refractivity contribution < 1.29 is 4.79 Å². The molecule has 0 saturated heterocycles. The maximum atomic E-state index is 11.5. The molecular weight excluding hydrogens is 190 g/mol. The molecule has 0 bridgehead atoms. The van der Waals surface area contributed by atoms with Crippen LogP contribution < -0.4 is 5.32 Å². The molecule has 0 spiro atoms. The standard InChI is InChI=1S/C11H17N3O/c1-9(11(15)14(2)3)13-8-10-5-4-6-12-7-10/h4-7,9,13H,8H2,1-3H3. The molecule has 0 saturated carbocycles. The number of rotatable bonds is 4. The molecule has 0 aliphatic rings. The Morgan fingerprint density at radius 1 is 1.60 bits per heavy atom. The third-order valence-corrected chi connectivity index (χ3v) is 2.15. The van der Waals surface area contributed by atoms with Crippen LogP contribution in [0.25, 0.3) is 0 Å². The normalized spacial score (nSPS) is 12.2. The fourth-order valence-electron chi connectivity index (χ4n) is 1.25.